The Hall–Kier alpha value is -2.84. The van der Waals surface area contributed by atoms with Gasteiger partial charge < -0.3 is 14.0 Å². The molecule has 0 saturated carbocycles. The number of imidazole rings is 1. The number of piperidine rings is 1. The smallest absolute Gasteiger partial charge is 0.295 e. The quantitative estimate of drug-likeness (QED) is 0.707. The van der Waals surface area contributed by atoms with Crippen LogP contribution in [0.3, 0.4) is 0 Å². The first-order valence-corrected chi connectivity index (χ1v) is 8.83. The van der Waals surface area contributed by atoms with Crippen molar-refractivity contribution in [3.05, 3.63) is 41.7 Å². The zero-order valence-electron chi connectivity index (χ0n) is 15.1. The second-order valence-corrected chi connectivity index (χ2v) is 6.92. The number of aromatic nitrogens is 5. The molecule has 142 valence electrons. The molecule has 1 amide bonds. The number of rotatable bonds is 3. The van der Waals surface area contributed by atoms with Gasteiger partial charge in [-0.05, 0) is 31.0 Å². The molecular weight excluding hydrogens is 354 g/mol. The van der Waals surface area contributed by atoms with Crippen molar-refractivity contribution in [3.8, 4) is 0 Å². The molecule has 3 aromatic rings. The van der Waals surface area contributed by atoms with Gasteiger partial charge in [0.05, 0.1) is 11.0 Å². The highest BCUT2D eigenvalue weighted by molar-refractivity contribution is 5.97. The number of hydrogen-bond donors (Lipinski definition) is 0. The van der Waals surface area contributed by atoms with Gasteiger partial charge in [-0.15, -0.1) is 10.2 Å². The van der Waals surface area contributed by atoms with Crippen molar-refractivity contribution in [3.63, 3.8) is 0 Å². The molecule has 1 aliphatic rings. The van der Waals surface area contributed by atoms with Crippen LogP contribution in [-0.4, -0.2) is 48.2 Å². The first kappa shape index (κ1) is 17.6. The lowest BCUT2D eigenvalue weighted by Crippen LogP contribution is -2.39. The van der Waals surface area contributed by atoms with Crippen LogP contribution in [0.5, 0.6) is 0 Å². The summed E-state index contributed by atoms with van der Waals surface area (Å²) in [6.07, 6.45) is 0.833. The van der Waals surface area contributed by atoms with Crippen LogP contribution in [0.15, 0.2) is 24.5 Å². The first-order chi connectivity index (χ1) is 13.0. The number of alkyl halides is 2. The molecule has 1 fully saturated rings. The van der Waals surface area contributed by atoms with Gasteiger partial charge >= 0.3 is 0 Å². The Bertz CT molecular complexity index is 995. The Morgan fingerprint density at radius 3 is 2.81 bits per heavy atom. The Kier molecular flexibility index (Phi) is 4.37. The van der Waals surface area contributed by atoms with E-state index in [0.717, 1.165) is 18.7 Å². The van der Waals surface area contributed by atoms with Gasteiger partial charge in [0.15, 0.2) is 5.82 Å². The highest BCUT2D eigenvalue weighted by Gasteiger charge is 2.28. The van der Waals surface area contributed by atoms with Crippen molar-refractivity contribution in [2.24, 2.45) is 14.1 Å². The average Bonchev–Trinajstić information content (AvgIpc) is 3.24. The van der Waals surface area contributed by atoms with Gasteiger partial charge in [-0.3, -0.25) is 4.79 Å². The second-order valence-electron chi connectivity index (χ2n) is 6.92. The zero-order chi connectivity index (χ0) is 19.1. The zero-order valence-corrected chi connectivity index (χ0v) is 15.1. The van der Waals surface area contributed by atoms with Gasteiger partial charge in [0.1, 0.15) is 12.2 Å². The number of amides is 1. The number of likely N-dealkylation sites (tertiary alicyclic amines) is 1. The molecule has 1 unspecified atom stereocenters. The summed E-state index contributed by atoms with van der Waals surface area (Å²) in [5.74, 6) is 0.594. The van der Waals surface area contributed by atoms with Crippen LogP contribution in [0.2, 0.25) is 0 Å². The van der Waals surface area contributed by atoms with E-state index in [9.17, 15) is 13.6 Å². The summed E-state index contributed by atoms with van der Waals surface area (Å²) in [6.45, 7) is 1.23. The number of fused-ring (bicyclic) bond motifs is 1. The highest BCUT2D eigenvalue weighted by Crippen LogP contribution is 2.27. The van der Waals surface area contributed by atoms with Gasteiger partial charge in [0, 0.05) is 38.7 Å². The van der Waals surface area contributed by atoms with Gasteiger partial charge in [-0.25, -0.2) is 13.8 Å². The fourth-order valence-corrected chi connectivity index (χ4v) is 3.76. The number of carbonyl (C=O) groups is 1. The predicted molar refractivity (Wildman–Crippen MR) is 94.6 cm³/mol. The average molecular weight is 374 g/mol. The number of aryl methyl sites for hydroxylation is 2. The fraction of sp³-hybridized carbons (Fsp3) is 0.444. The van der Waals surface area contributed by atoms with Crippen LogP contribution in [0.4, 0.5) is 8.78 Å². The van der Waals surface area contributed by atoms with Crippen molar-refractivity contribution in [2.45, 2.75) is 25.2 Å². The van der Waals surface area contributed by atoms with E-state index in [1.807, 2.05) is 11.6 Å². The monoisotopic (exact) mass is 374 g/mol. The molecule has 1 saturated heterocycles. The van der Waals surface area contributed by atoms with E-state index < -0.39 is 6.43 Å². The maximum absolute atomic E-state index is 13.1. The standard InChI is InChI=1S/C18H20F2N6O/c1-24-10-21-23-16(24)12-4-3-7-26(9-12)18(27)11-5-6-14-13(8-11)22-17(15(19)20)25(14)2/h5-6,8,10,12,15H,3-4,7,9H2,1-2H3. The van der Waals surface area contributed by atoms with Crippen LogP contribution < -0.4 is 0 Å². The van der Waals surface area contributed by atoms with Gasteiger partial charge in [0.25, 0.3) is 12.3 Å². The molecule has 4 rings (SSSR count). The third-order valence-corrected chi connectivity index (χ3v) is 5.18. The van der Waals surface area contributed by atoms with Crippen molar-refractivity contribution in [2.75, 3.05) is 13.1 Å². The maximum Gasteiger partial charge on any atom is 0.295 e. The van der Waals surface area contributed by atoms with E-state index >= 15 is 0 Å². The Morgan fingerprint density at radius 1 is 1.30 bits per heavy atom. The summed E-state index contributed by atoms with van der Waals surface area (Å²) in [4.78, 5) is 18.7. The second kappa shape index (κ2) is 6.71. The topological polar surface area (TPSA) is 68.8 Å². The molecule has 0 spiro atoms. The van der Waals surface area contributed by atoms with Gasteiger partial charge in [-0.2, -0.15) is 0 Å². The molecule has 3 heterocycles. The number of nitrogens with zero attached hydrogens (tertiary/aromatic N) is 6. The summed E-state index contributed by atoms with van der Waals surface area (Å²) in [5.41, 5.74) is 1.44. The van der Waals surface area contributed by atoms with Crippen LogP contribution in [-0.2, 0) is 14.1 Å². The van der Waals surface area contributed by atoms with Gasteiger partial charge in [-0.1, -0.05) is 0 Å². The fourth-order valence-electron chi connectivity index (χ4n) is 3.76. The molecule has 27 heavy (non-hydrogen) atoms. The number of carbonyl (C=O) groups excluding carboxylic acids is 1. The third-order valence-electron chi connectivity index (χ3n) is 5.18. The molecule has 2 aromatic heterocycles. The van der Waals surface area contributed by atoms with Crippen molar-refractivity contribution in [1.29, 1.82) is 0 Å². The highest BCUT2D eigenvalue weighted by atomic mass is 19.3. The maximum atomic E-state index is 13.1. The molecular formula is C18H20F2N6O. The van der Waals surface area contributed by atoms with Crippen LogP contribution >= 0.6 is 0 Å². The van der Waals surface area contributed by atoms with Crippen LogP contribution in [0.25, 0.3) is 11.0 Å². The Labute approximate surface area is 154 Å². The van der Waals surface area contributed by atoms with Crippen molar-refractivity contribution in [1.82, 2.24) is 29.2 Å². The third kappa shape index (κ3) is 3.07. The van der Waals surface area contributed by atoms with Crippen molar-refractivity contribution >= 4 is 16.9 Å². The summed E-state index contributed by atoms with van der Waals surface area (Å²) in [6, 6.07) is 4.94. The van der Waals surface area contributed by atoms with Gasteiger partial charge in [0.2, 0.25) is 0 Å². The largest absolute Gasteiger partial charge is 0.338 e. The molecule has 0 aliphatic carbocycles. The lowest BCUT2D eigenvalue weighted by molar-refractivity contribution is 0.0703. The molecule has 0 N–H and O–H groups in total. The first-order valence-electron chi connectivity index (χ1n) is 8.83. The minimum absolute atomic E-state index is 0.118. The molecule has 0 bridgehead atoms. The van der Waals surface area contributed by atoms with E-state index in [2.05, 4.69) is 15.2 Å². The van der Waals surface area contributed by atoms with Crippen LogP contribution in [0.1, 0.15) is 47.2 Å². The Morgan fingerprint density at radius 2 is 2.11 bits per heavy atom. The van der Waals surface area contributed by atoms with Crippen molar-refractivity contribution < 1.29 is 13.6 Å². The van der Waals surface area contributed by atoms with E-state index in [-0.39, 0.29) is 17.6 Å². The lowest BCUT2D eigenvalue weighted by Gasteiger charge is -2.32. The van der Waals surface area contributed by atoms with E-state index in [1.54, 1.807) is 36.5 Å². The normalized spacial score (nSPS) is 17.8. The Balaban J connectivity index is 1.59. The summed E-state index contributed by atoms with van der Waals surface area (Å²) in [5, 5.41) is 8.09. The summed E-state index contributed by atoms with van der Waals surface area (Å²) >= 11 is 0. The summed E-state index contributed by atoms with van der Waals surface area (Å²) < 4.78 is 29.3. The minimum Gasteiger partial charge on any atom is -0.338 e. The molecule has 0 radical (unpaired) electrons. The molecule has 1 aliphatic heterocycles. The molecule has 7 nitrogen and oxygen atoms in total. The molecule has 1 atom stereocenters. The van der Waals surface area contributed by atoms with E-state index in [4.69, 9.17) is 0 Å². The lowest BCUT2D eigenvalue weighted by atomic mass is 9.96. The predicted octanol–water partition coefficient (Wildman–Crippen LogP) is 2.66. The number of benzene rings is 1. The SMILES string of the molecule is Cn1cnnc1C1CCCN(C(=O)c2ccc3c(c2)nc(C(F)F)n3C)C1. The van der Waals surface area contributed by atoms with E-state index in [1.165, 1.54) is 4.57 Å². The molecule has 1 aromatic carbocycles. The number of hydrogen-bond acceptors (Lipinski definition) is 4. The van der Waals surface area contributed by atoms with E-state index in [0.29, 0.717) is 29.7 Å². The minimum atomic E-state index is -2.66. The summed E-state index contributed by atoms with van der Waals surface area (Å²) in [7, 11) is 3.44. The van der Waals surface area contributed by atoms with Crippen LogP contribution in [0, 0.1) is 0 Å². The molecule has 9 heteroatoms. The number of halogens is 2.